The van der Waals surface area contributed by atoms with Gasteiger partial charge in [0.2, 0.25) is 5.91 Å². The molecule has 0 unspecified atom stereocenters. The Kier molecular flexibility index (Phi) is 6.43. The summed E-state index contributed by atoms with van der Waals surface area (Å²) in [5, 5.41) is 5.37. The number of amides is 1. The normalized spacial score (nSPS) is 13.0. The molecule has 130 valence electrons. The lowest BCUT2D eigenvalue weighted by Crippen LogP contribution is -2.32. The first kappa shape index (κ1) is 19.0. The zero-order chi connectivity index (χ0) is 17.7. The Morgan fingerprint density at radius 3 is 2.42 bits per heavy atom. The van der Waals surface area contributed by atoms with Crippen molar-refractivity contribution < 1.29 is 13.2 Å². The van der Waals surface area contributed by atoms with Crippen LogP contribution in [0.4, 0.5) is 0 Å². The SMILES string of the molecule is CC(C)[C@@H](NC(=O)CCS(=O)(=O)c1ccc(Cl)cc1)c1cccs1. The third-order valence-electron chi connectivity index (χ3n) is 3.60. The molecule has 0 aliphatic carbocycles. The minimum absolute atomic E-state index is 0.0699. The van der Waals surface area contributed by atoms with Gasteiger partial charge in [0, 0.05) is 16.3 Å². The van der Waals surface area contributed by atoms with Crippen LogP contribution in [-0.4, -0.2) is 20.1 Å². The van der Waals surface area contributed by atoms with E-state index in [1.807, 2.05) is 31.4 Å². The number of nitrogens with one attached hydrogen (secondary N) is 1. The zero-order valence-corrected chi connectivity index (χ0v) is 15.9. The van der Waals surface area contributed by atoms with Gasteiger partial charge < -0.3 is 5.32 Å². The number of thiophene rings is 1. The van der Waals surface area contributed by atoms with Gasteiger partial charge in [-0.15, -0.1) is 11.3 Å². The maximum absolute atomic E-state index is 12.3. The minimum Gasteiger partial charge on any atom is -0.348 e. The molecule has 7 heteroatoms. The van der Waals surface area contributed by atoms with Gasteiger partial charge in [-0.3, -0.25) is 4.79 Å². The fraction of sp³-hybridized carbons (Fsp3) is 0.353. The van der Waals surface area contributed by atoms with Crippen molar-refractivity contribution in [2.75, 3.05) is 5.75 Å². The van der Waals surface area contributed by atoms with Crippen LogP contribution in [0.1, 0.15) is 31.2 Å². The fourth-order valence-electron chi connectivity index (χ4n) is 2.27. The molecular formula is C17H20ClNO3S2. The molecule has 0 saturated carbocycles. The summed E-state index contributed by atoms with van der Waals surface area (Å²) in [6.07, 6.45) is -0.0699. The zero-order valence-electron chi connectivity index (χ0n) is 13.5. The number of carbonyl (C=O) groups excluding carboxylic acids is 1. The van der Waals surface area contributed by atoms with Crippen LogP contribution in [-0.2, 0) is 14.6 Å². The number of carbonyl (C=O) groups is 1. The molecule has 0 radical (unpaired) electrons. The second-order valence-corrected chi connectivity index (χ2v) is 9.35. The van der Waals surface area contributed by atoms with Crippen LogP contribution in [0.25, 0.3) is 0 Å². The monoisotopic (exact) mass is 385 g/mol. The van der Waals surface area contributed by atoms with E-state index < -0.39 is 9.84 Å². The van der Waals surface area contributed by atoms with Gasteiger partial charge in [-0.25, -0.2) is 8.42 Å². The Labute approximate surface area is 151 Å². The van der Waals surface area contributed by atoms with E-state index in [9.17, 15) is 13.2 Å². The second-order valence-electron chi connectivity index (χ2n) is 5.83. The minimum atomic E-state index is -3.50. The highest BCUT2D eigenvalue weighted by atomic mass is 35.5. The average molecular weight is 386 g/mol. The van der Waals surface area contributed by atoms with Gasteiger partial charge in [-0.1, -0.05) is 31.5 Å². The van der Waals surface area contributed by atoms with Gasteiger partial charge in [0.05, 0.1) is 16.7 Å². The van der Waals surface area contributed by atoms with Crippen molar-refractivity contribution in [2.45, 2.75) is 31.2 Å². The summed E-state index contributed by atoms with van der Waals surface area (Å²) in [4.78, 5) is 13.4. The van der Waals surface area contributed by atoms with E-state index in [1.165, 1.54) is 24.3 Å². The molecule has 2 rings (SSSR count). The quantitative estimate of drug-likeness (QED) is 0.781. The number of hydrogen-bond donors (Lipinski definition) is 1. The van der Waals surface area contributed by atoms with Crippen molar-refractivity contribution >= 4 is 38.7 Å². The van der Waals surface area contributed by atoms with Gasteiger partial charge in [-0.05, 0) is 41.6 Å². The molecule has 0 fully saturated rings. The van der Waals surface area contributed by atoms with Gasteiger partial charge in [0.25, 0.3) is 0 Å². The molecule has 4 nitrogen and oxygen atoms in total. The summed E-state index contributed by atoms with van der Waals surface area (Å²) in [6, 6.07) is 9.78. The molecule has 1 N–H and O–H groups in total. The van der Waals surface area contributed by atoms with Crippen molar-refractivity contribution in [1.29, 1.82) is 0 Å². The number of halogens is 1. The van der Waals surface area contributed by atoms with Crippen LogP contribution >= 0.6 is 22.9 Å². The first-order valence-electron chi connectivity index (χ1n) is 7.60. The molecule has 1 aromatic heterocycles. The fourth-order valence-corrected chi connectivity index (χ4v) is 4.58. The standard InChI is InChI=1S/C17H20ClNO3S2/c1-12(2)17(15-4-3-10-23-15)19-16(20)9-11-24(21,22)14-7-5-13(18)6-8-14/h3-8,10,12,17H,9,11H2,1-2H3,(H,19,20)/t17-/m1/s1. The van der Waals surface area contributed by atoms with Gasteiger partial charge >= 0.3 is 0 Å². The molecule has 24 heavy (non-hydrogen) atoms. The second kappa shape index (κ2) is 8.14. The van der Waals surface area contributed by atoms with E-state index in [2.05, 4.69) is 5.32 Å². The number of benzene rings is 1. The molecule has 0 aliphatic heterocycles. The number of sulfone groups is 1. The summed E-state index contributed by atoms with van der Waals surface area (Å²) in [5.41, 5.74) is 0. The molecular weight excluding hydrogens is 366 g/mol. The summed E-state index contributed by atoms with van der Waals surface area (Å²) >= 11 is 7.34. The molecule has 1 amide bonds. The molecule has 0 bridgehead atoms. The lowest BCUT2D eigenvalue weighted by atomic mass is 10.0. The molecule has 0 spiro atoms. The molecule has 1 aromatic carbocycles. The first-order chi connectivity index (χ1) is 11.3. The Balaban J connectivity index is 1.98. The average Bonchev–Trinajstić information content (AvgIpc) is 3.05. The van der Waals surface area contributed by atoms with E-state index in [0.29, 0.717) is 5.02 Å². The Morgan fingerprint density at radius 2 is 1.88 bits per heavy atom. The van der Waals surface area contributed by atoms with Gasteiger partial charge in [0.1, 0.15) is 0 Å². The maximum Gasteiger partial charge on any atom is 0.221 e. The molecule has 2 aromatic rings. The lowest BCUT2D eigenvalue weighted by molar-refractivity contribution is -0.121. The van der Waals surface area contributed by atoms with Crippen molar-refractivity contribution in [1.82, 2.24) is 5.32 Å². The Morgan fingerprint density at radius 1 is 1.21 bits per heavy atom. The van der Waals surface area contributed by atoms with E-state index in [0.717, 1.165) is 4.88 Å². The van der Waals surface area contributed by atoms with Crippen LogP contribution in [0.3, 0.4) is 0 Å². The smallest absolute Gasteiger partial charge is 0.221 e. The van der Waals surface area contributed by atoms with E-state index in [1.54, 1.807) is 11.3 Å². The summed E-state index contributed by atoms with van der Waals surface area (Å²) in [5.74, 6) is -0.268. The van der Waals surface area contributed by atoms with Crippen LogP contribution in [0, 0.1) is 5.92 Å². The van der Waals surface area contributed by atoms with Crippen molar-refractivity contribution in [3.8, 4) is 0 Å². The van der Waals surface area contributed by atoms with Gasteiger partial charge in [0.15, 0.2) is 9.84 Å². The van der Waals surface area contributed by atoms with Crippen LogP contribution in [0.5, 0.6) is 0 Å². The highest BCUT2D eigenvalue weighted by molar-refractivity contribution is 7.91. The van der Waals surface area contributed by atoms with Crippen molar-refractivity contribution in [3.05, 3.63) is 51.7 Å². The van der Waals surface area contributed by atoms with Crippen LogP contribution in [0.15, 0.2) is 46.7 Å². The van der Waals surface area contributed by atoms with Crippen molar-refractivity contribution in [2.24, 2.45) is 5.92 Å². The summed E-state index contributed by atoms with van der Waals surface area (Å²) in [6.45, 7) is 4.05. The van der Waals surface area contributed by atoms with Crippen LogP contribution < -0.4 is 5.32 Å². The predicted molar refractivity (Wildman–Crippen MR) is 98.2 cm³/mol. The first-order valence-corrected chi connectivity index (χ1v) is 10.5. The largest absolute Gasteiger partial charge is 0.348 e. The topological polar surface area (TPSA) is 63.2 Å². The number of rotatable bonds is 7. The van der Waals surface area contributed by atoms with Crippen molar-refractivity contribution in [3.63, 3.8) is 0 Å². The summed E-state index contributed by atoms with van der Waals surface area (Å²) < 4.78 is 24.6. The molecule has 1 heterocycles. The highest BCUT2D eigenvalue weighted by Crippen LogP contribution is 2.26. The predicted octanol–water partition coefficient (Wildman–Crippen LogP) is 4.08. The highest BCUT2D eigenvalue weighted by Gasteiger charge is 2.21. The summed E-state index contributed by atoms with van der Waals surface area (Å²) in [7, 11) is -3.50. The molecule has 1 atom stereocenters. The van der Waals surface area contributed by atoms with E-state index in [4.69, 9.17) is 11.6 Å². The lowest BCUT2D eigenvalue weighted by Gasteiger charge is -2.21. The Hall–Kier alpha value is -1.37. The van der Waals surface area contributed by atoms with Crippen LogP contribution in [0.2, 0.25) is 5.02 Å². The molecule has 0 aliphatic rings. The molecule has 0 saturated heterocycles. The number of hydrogen-bond acceptors (Lipinski definition) is 4. The third-order valence-corrected chi connectivity index (χ3v) is 6.54. The van der Waals surface area contributed by atoms with Gasteiger partial charge in [-0.2, -0.15) is 0 Å². The van der Waals surface area contributed by atoms with E-state index in [-0.39, 0.29) is 34.9 Å². The third kappa shape index (κ3) is 5.06. The van der Waals surface area contributed by atoms with E-state index >= 15 is 0 Å². The maximum atomic E-state index is 12.3. The Bertz CT molecular complexity index is 769.